The molecule has 69 heavy (non-hydrogen) atoms. The molecule has 1 heterocycles. The van der Waals surface area contributed by atoms with Crippen molar-refractivity contribution in [3.63, 3.8) is 0 Å². The standard InChI is InChI=1S/C46H54N4O19/c1-21-39(56)25(50-31(54)9-5-8-30(53)48-12-13-66-14-15-67-20-32(55)49-24-10-11-27(65-3)36(42(24)59)45(47)62)16-33(68-21)69-28-18-46(63,29(52)19-51)17-23-35(28)44(61)38-37(41(23)58)40(57)22-6-4-7-26(64-2)34(22)43(38)60/h4,6-7,10-11,21,25,28,33,39,51,56,58-59,61,63H,5,8-9,12-20H2,1-3H3,(H2,47,62)(H,48,53)(H,49,55)(H,50,54)/t21-,25-,28+,33+,39+,46-/m0/s1. The molecule has 1 fully saturated rings. The number of Topliss-reactive ketones (excluding diaryl/α,β-unsaturated/α-hetero) is 1. The number of aliphatic hydroxyl groups is 3. The number of anilines is 1. The number of nitrogens with two attached hydrogens (primary N) is 1. The second-order valence-electron chi connectivity index (χ2n) is 16.5. The number of hydrogen-bond donors (Lipinski definition) is 10. The summed E-state index contributed by atoms with van der Waals surface area (Å²) in [5, 5.41) is 73.8. The van der Waals surface area contributed by atoms with Gasteiger partial charge in [0, 0.05) is 55.3 Å². The van der Waals surface area contributed by atoms with Crippen molar-refractivity contribution in [3.05, 3.63) is 69.3 Å². The fourth-order valence-corrected chi connectivity index (χ4v) is 8.55. The van der Waals surface area contributed by atoms with E-state index in [-0.39, 0.29) is 103 Å². The van der Waals surface area contributed by atoms with E-state index in [1.54, 1.807) is 0 Å². The first-order chi connectivity index (χ1) is 32.8. The Hall–Kier alpha value is -6.73. The van der Waals surface area contributed by atoms with Crippen LogP contribution in [-0.4, -0.2) is 156 Å². The molecule has 23 heteroatoms. The third-order valence-electron chi connectivity index (χ3n) is 12.0. The van der Waals surface area contributed by atoms with Crippen LogP contribution in [0, 0.1) is 0 Å². The maximum atomic E-state index is 14.0. The molecule has 11 N–H and O–H groups in total. The molecule has 1 aliphatic heterocycles. The van der Waals surface area contributed by atoms with Crippen LogP contribution >= 0.6 is 0 Å². The van der Waals surface area contributed by atoms with Crippen molar-refractivity contribution < 1.29 is 92.6 Å². The lowest BCUT2D eigenvalue weighted by Crippen LogP contribution is -2.55. The lowest BCUT2D eigenvalue weighted by molar-refractivity contribution is -0.249. The number of methoxy groups -OCH3 is 2. The van der Waals surface area contributed by atoms with Crippen LogP contribution in [0.1, 0.15) is 98.5 Å². The van der Waals surface area contributed by atoms with E-state index in [4.69, 9.17) is 34.2 Å². The van der Waals surface area contributed by atoms with Crippen LogP contribution in [0.25, 0.3) is 0 Å². The number of aliphatic hydroxyl groups excluding tert-OH is 2. The van der Waals surface area contributed by atoms with Gasteiger partial charge in [0.25, 0.3) is 5.91 Å². The van der Waals surface area contributed by atoms with Gasteiger partial charge in [-0.2, -0.15) is 0 Å². The van der Waals surface area contributed by atoms with Crippen LogP contribution in [0.15, 0.2) is 30.3 Å². The van der Waals surface area contributed by atoms with Crippen molar-refractivity contribution in [2.24, 2.45) is 5.73 Å². The number of aromatic hydroxyl groups is 3. The summed E-state index contributed by atoms with van der Waals surface area (Å²) in [4.78, 5) is 90.1. The fraction of sp³-hybridized carbons (Fsp3) is 0.457. The minimum atomic E-state index is -2.38. The largest absolute Gasteiger partial charge is 0.507 e. The number of ether oxygens (including phenoxy) is 6. The summed E-state index contributed by atoms with van der Waals surface area (Å²) in [6, 6.07) is 5.96. The van der Waals surface area contributed by atoms with E-state index in [2.05, 4.69) is 16.0 Å². The molecule has 0 spiro atoms. The molecule has 0 radical (unpaired) electrons. The molecule has 0 saturated carbocycles. The Bertz CT molecular complexity index is 2510. The van der Waals surface area contributed by atoms with Gasteiger partial charge in [0.2, 0.25) is 23.5 Å². The summed E-state index contributed by atoms with van der Waals surface area (Å²) in [6.07, 6.45) is -6.53. The van der Waals surface area contributed by atoms with Gasteiger partial charge in [-0.05, 0) is 31.5 Å². The van der Waals surface area contributed by atoms with Crippen LogP contribution in [0.3, 0.4) is 0 Å². The molecule has 23 nitrogen and oxygen atoms in total. The number of fused-ring (bicyclic) bond motifs is 3. The van der Waals surface area contributed by atoms with Gasteiger partial charge in [0.1, 0.15) is 53.5 Å². The molecule has 2 aliphatic carbocycles. The number of amides is 4. The molecule has 3 aliphatic rings. The van der Waals surface area contributed by atoms with Gasteiger partial charge in [-0.1, -0.05) is 12.1 Å². The highest BCUT2D eigenvalue weighted by Gasteiger charge is 2.50. The zero-order chi connectivity index (χ0) is 50.3. The molecule has 0 bridgehead atoms. The molecule has 1 saturated heterocycles. The summed E-state index contributed by atoms with van der Waals surface area (Å²) in [5.41, 5.74) is 0.649. The zero-order valence-corrected chi connectivity index (χ0v) is 37.8. The molecule has 0 unspecified atom stereocenters. The van der Waals surface area contributed by atoms with E-state index in [1.807, 2.05) is 0 Å². The number of benzene rings is 3. The van der Waals surface area contributed by atoms with Gasteiger partial charge in [0.15, 0.2) is 23.6 Å². The van der Waals surface area contributed by atoms with E-state index < -0.39 is 126 Å². The van der Waals surface area contributed by atoms with Gasteiger partial charge in [-0.25, -0.2) is 0 Å². The Morgan fingerprint density at radius 1 is 0.855 bits per heavy atom. The number of carbonyl (C=O) groups excluding carboxylic acids is 7. The molecule has 4 amide bonds. The van der Waals surface area contributed by atoms with Crippen molar-refractivity contribution in [3.8, 4) is 28.7 Å². The highest BCUT2D eigenvalue weighted by Crippen LogP contribution is 2.52. The number of phenols is 3. The molecule has 3 aromatic rings. The topological polar surface area (TPSA) is 358 Å². The number of phenolic OH excluding ortho intramolecular Hbond substituents is 2. The van der Waals surface area contributed by atoms with Crippen LogP contribution in [-0.2, 0) is 44.5 Å². The second kappa shape index (κ2) is 22.1. The predicted molar refractivity (Wildman–Crippen MR) is 236 cm³/mol. The number of primary amides is 1. The van der Waals surface area contributed by atoms with Crippen LogP contribution < -0.4 is 31.2 Å². The Labute approximate surface area is 393 Å². The first-order valence-electron chi connectivity index (χ1n) is 21.8. The normalized spacial score (nSPS) is 21.6. The highest BCUT2D eigenvalue weighted by atomic mass is 16.7. The van der Waals surface area contributed by atoms with Crippen molar-refractivity contribution in [1.29, 1.82) is 0 Å². The quantitative estimate of drug-likeness (QED) is 0.0297. The number of carbonyl (C=O) groups is 7. The maximum absolute atomic E-state index is 14.0. The smallest absolute Gasteiger partial charge is 0.256 e. The lowest BCUT2D eigenvalue weighted by Gasteiger charge is -2.43. The number of ketones is 3. The molecular weight excluding hydrogens is 913 g/mol. The van der Waals surface area contributed by atoms with Gasteiger partial charge < -0.3 is 80.7 Å². The SMILES string of the molecule is COc1cccc2c1C(=O)c1c(O)c3c(c(O)c1C2=O)C[C@@](O)(C(=O)CO)C[C@H]3O[C@@H]1C[C@H](NC(=O)CCCC(=O)NCCOCCOCC(=O)Nc2ccc(OC)c(C(N)=O)c2O)[C@H](O)[C@H](C)O1. The van der Waals surface area contributed by atoms with Crippen molar-refractivity contribution >= 4 is 46.7 Å². The Kier molecular flexibility index (Phi) is 16.6. The molecule has 3 aromatic carbocycles. The van der Waals surface area contributed by atoms with Crippen molar-refractivity contribution in [1.82, 2.24) is 10.6 Å². The second-order valence-corrected chi connectivity index (χ2v) is 16.5. The Balaban J connectivity index is 0.978. The molecule has 372 valence electrons. The molecule has 6 rings (SSSR count). The number of hydrogen-bond acceptors (Lipinski definition) is 19. The lowest BCUT2D eigenvalue weighted by atomic mass is 9.72. The first-order valence-corrected chi connectivity index (χ1v) is 21.8. The number of nitrogens with one attached hydrogen (secondary N) is 3. The molecule has 0 aromatic heterocycles. The van der Waals surface area contributed by atoms with Gasteiger partial charge in [-0.15, -0.1) is 0 Å². The molecular formula is C46H54N4O19. The summed E-state index contributed by atoms with van der Waals surface area (Å²) >= 11 is 0. The van der Waals surface area contributed by atoms with E-state index in [1.165, 1.54) is 51.5 Å². The Morgan fingerprint density at radius 2 is 1.55 bits per heavy atom. The Morgan fingerprint density at radius 3 is 2.25 bits per heavy atom. The van der Waals surface area contributed by atoms with Crippen LogP contribution in [0.2, 0.25) is 0 Å². The van der Waals surface area contributed by atoms with E-state index >= 15 is 0 Å². The van der Waals surface area contributed by atoms with E-state index in [0.29, 0.717) is 0 Å². The van der Waals surface area contributed by atoms with Gasteiger partial charge >= 0.3 is 0 Å². The maximum Gasteiger partial charge on any atom is 0.256 e. The average Bonchev–Trinajstić information content (AvgIpc) is 3.31. The average molecular weight is 967 g/mol. The summed E-state index contributed by atoms with van der Waals surface area (Å²) in [6.45, 7) is 0.316. The van der Waals surface area contributed by atoms with E-state index in [0.717, 1.165) is 0 Å². The fourth-order valence-electron chi connectivity index (χ4n) is 8.55. The highest BCUT2D eigenvalue weighted by molar-refractivity contribution is 6.31. The minimum absolute atomic E-state index is 0.0157. The molecule has 6 atom stereocenters. The zero-order valence-electron chi connectivity index (χ0n) is 37.8. The van der Waals surface area contributed by atoms with Crippen LogP contribution in [0.5, 0.6) is 28.7 Å². The van der Waals surface area contributed by atoms with E-state index in [9.17, 15) is 64.2 Å². The summed E-state index contributed by atoms with van der Waals surface area (Å²) in [7, 11) is 2.58. The summed E-state index contributed by atoms with van der Waals surface area (Å²) in [5.74, 6) is -7.24. The van der Waals surface area contributed by atoms with Crippen molar-refractivity contribution in [2.75, 3.05) is 59.1 Å². The first kappa shape index (κ1) is 51.7. The minimum Gasteiger partial charge on any atom is -0.507 e. The van der Waals surface area contributed by atoms with Gasteiger partial charge in [0.05, 0.1) is 74.7 Å². The van der Waals surface area contributed by atoms with Gasteiger partial charge in [-0.3, -0.25) is 33.6 Å². The third kappa shape index (κ3) is 11.1. The third-order valence-corrected chi connectivity index (χ3v) is 12.0. The van der Waals surface area contributed by atoms with Crippen LogP contribution in [0.4, 0.5) is 5.69 Å². The number of rotatable bonds is 21. The predicted octanol–water partition coefficient (Wildman–Crippen LogP) is -0.0697. The van der Waals surface area contributed by atoms with Crippen molar-refractivity contribution in [2.45, 2.75) is 81.7 Å². The summed E-state index contributed by atoms with van der Waals surface area (Å²) < 4.78 is 33.1. The monoisotopic (exact) mass is 966 g/mol.